The molecule has 4 rings (SSSR count). The Morgan fingerprint density at radius 1 is 0.955 bits per heavy atom. The van der Waals surface area contributed by atoms with Crippen molar-refractivity contribution in [3.63, 3.8) is 0 Å². The molecule has 3 aromatic rings. The molecule has 0 saturated carbocycles. The Kier molecular flexibility index (Phi) is 11.4. The lowest BCUT2D eigenvalue weighted by molar-refractivity contribution is -0.141. The van der Waals surface area contributed by atoms with Gasteiger partial charge in [-0.25, -0.2) is 8.42 Å². The number of benzene rings is 3. The average Bonchev–Trinajstić information content (AvgIpc) is 2.97. The molecule has 1 atom stereocenters. The van der Waals surface area contributed by atoms with E-state index in [0.29, 0.717) is 46.0 Å². The number of amides is 2. The van der Waals surface area contributed by atoms with Gasteiger partial charge in [0.2, 0.25) is 21.8 Å². The van der Waals surface area contributed by atoms with Crippen molar-refractivity contribution < 1.29 is 27.5 Å². The molecule has 2 amide bonds. The number of hydrogen-bond acceptors (Lipinski definition) is 6. The molecule has 3 aromatic carbocycles. The van der Waals surface area contributed by atoms with Gasteiger partial charge in [0, 0.05) is 48.1 Å². The lowest BCUT2D eigenvalue weighted by Gasteiger charge is -2.32. The predicted octanol–water partition coefficient (Wildman–Crippen LogP) is 5.48. The summed E-state index contributed by atoms with van der Waals surface area (Å²) in [7, 11) is -3.69. The van der Waals surface area contributed by atoms with Crippen LogP contribution in [0.1, 0.15) is 37.8 Å². The van der Waals surface area contributed by atoms with Gasteiger partial charge >= 0.3 is 0 Å². The highest BCUT2D eigenvalue weighted by atomic mass is 35.5. The summed E-state index contributed by atoms with van der Waals surface area (Å²) in [5.74, 6) is 0.400. The van der Waals surface area contributed by atoms with Crippen molar-refractivity contribution in [2.75, 3.05) is 30.3 Å². The maximum absolute atomic E-state index is 14.0. The van der Waals surface area contributed by atoms with Crippen molar-refractivity contribution in [1.29, 1.82) is 0 Å². The largest absolute Gasteiger partial charge is 0.486 e. The fraction of sp³-hybridized carbons (Fsp3) is 0.375. The Morgan fingerprint density at radius 3 is 2.32 bits per heavy atom. The van der Waals surface area contributed by atoms with Crippen molar-refractivity contribution in [1.82, 2.24) is 10.2 Å². The van der Waals surface area contributed by atoms with E-state index in [1.54, 1.807) is 36.4 Å². The average molecular weight is 663 g/mol. The van der Waals surface area contributed by atoms with E-state index in [2.05, 4.69) is 5.32 Å². The second-order valence-electron chi connectivity index (χ2n) is 10.9. The van der Waals surface area contributed by atoms with Crippen molar-refractivity contribution in [3.05, 3.63) is 87.9 Å². The molecule has 0 unspecified atom stereocenters. The smallest absolute Gasteiger partial charge is 0.243 e. The third-order valence-electron chi connectivity index (χ3n) is 7.02. The van der Waals surface area contributed by atoms with Gasteiger partial charge in [-0.1, -0.05) is 59.6 Å². The normalized spacial score (nSPS) is 13.3. The number of nitrogens with one attached hydrogen (secondary N) is 1. The van der Waals surface area contributed by atoms with Gasteiger partial charge in [0.15, 0.2) is 11.5 Å². The Morgan fingerprint density at radius 2 is 1.66 bits per heavy atom. The molecule has 0 spiro atoms. The van der Waals surface area contributed by atoms with Gasteiger partial charge in [-0.2, -0.15) is 0 Å². The number of hydrogen-bond donors (Lipinski definition) is 1. The van der Waals surface area contributed by atoms with Gasteiger partial charge in [0.1, 0.15) is 19.3 Å². The van der Waals surface area contributed by atoms with Crippen LogP contribution in [-0.2, 0) is 32.6 Å². The summed E-state index contributed by atoms with van der Waals surface area (Å²) in [6.07, 6.45) is 1.59. The van der Waals surface area contributed by atoms with Crippen LogP contribution in [0.3, 0.4) is 0 Å². The van der Waals surface area contributed by atoms with Crippen LogP contribution in [0.15, 0.2) is 66.7 Å². The molecular formula is C32H37Cl2N3O6S. The first-order valence-corrected chi connectivity index (χ1v) is 17.0. The molecule has 1 heterocycles. The number of carbonyl (C=O) groups excluding carboxylic acids is 2. The summed E-state index contributed by atoms with van der Waals surface area (Å²) in [6, 6.07) is 18.4. The van der Waals surface area contributed by atoms with E-state index in [9.17, 15) is 18.0 Å². The number of sulfonamides is 1. The minimum Gasteiger partial charge on any atom is -0.486 e. The highest BCUT2D eigenvalue weighted by Gasteiger charge is 2.31. The Labute approximate surface area is 269 Å². The van der Waals surface area contributed by atoms with Gasteiger partial charge < -0.3 is 19.7 Å². The molecule has 9 nitrogen and oxygen atoms in total. The number of rotatable bonds is 13. The van der Waals surface area contributed by atoms with E-state index >= 15 is 0 Å². The quantitative estimate of drug-likeness (QED) is 0.260. The maximum atomic E-state index is 14.0. The molecule has 0 radical (unpaired) electrons. The summed E-state index contributed by atoms with van der Waals surface area (Å²) in [4.78, 5) is 29.1. The second kappa shape index (κ2) is 15.0. The maximum Gasteiger partial charge on any atom is 0.243 e. The molecule has 0 fully saturated rings. The Hall–Kier alpha value is -3.47. The standard InChI is InChI=1S/C32H37Cl2N3O6S/c1-22(2)35-32(39)28(18-23-8-5-4-6-9-23)36(21-24-11-12-25(33)19-27(24)34)31(38)10-7-15-37(44(3,40)41)26-13-14-29-30(20-26)43-17-16-42-29/h4-6,8-9,11-14,19-20,22,28H,7,10,15-18,21H2,1-3H3,(H,35,39)/t28-/m1/s1. The summed E-state index contributed by atoms with van der Waals surface area (Å²) >= 11 is 12.6. The second-order valence-corrected chi connectivity index (χ2v) is 13.6. The first-order valence-electron chi connectivity index (χ1n) is 14.4. The van der Waals surface area contributed by atoms with Gasteiger partial charge in [0.05, 0.1) is 11.9 Å². The van der Waals surface area contributed by atoms with Gasteiger partial charge in [-0.3, -0.25) is 13.9 Å². The fourth-order valence-corrected chi connectivity index (χ4v) is 6.38. The van der Waals surface area contributed by atoms with Crippen molar-refractivity contribution in [2.45, 2.75) is 51.7 Å². The molecule has 0 aromatic heterocycles. The number of nitrogens with zero attached hydrogens (tertiary/aromatic N) is 2. The molecular weight excluding hydrogens is 625 g/mol. The molecule has 0 bridgehead atoms. The van der Waals surface area contributed by atoms with Crippen LogP contribution in [0.25, 0.3) is 0 Å². The summed E-state index contributed by atoms with van der Waals surface area (Å²) in [5, 5.41) is 3.78. The van der Waals surface area contributed by atoms with E-state index in [-0.39, 0.29) is 50.2 Å². The van der Waals surface area contributed by atoms with E-state index < -0.39 is 16.1 Å². The summed E-state index contributed by atoms with van der Waals surface area (Å²) in [5.41, 5.74) is 1.93. The first kappa shape index (κ1) is 33.4. The van der Waals surface area contributed by atoms with Crippen LogP contribution in [0, 0.1) is 0 Å². The van der Waals surface area contributed by atoms with Crippen LogP contribution in [-0.4, -0.2) is 63.2 Å². The fourth-order valence-electron chi connectivity index (χ4n) is 4.96. The highest BCUT2D eigenvalue weighted by molar-refractivity contribution is 7.92. The van der Waals surface area contributed by atoms with Gasteiger partial charge in [0.25, 0.3) is 0 Å². The van der Waals surface area contributed by atoms with Crippen LogP contribution in [0.4, 0.5) is 5.69 Å². The van der Waals surface area contributed by atoms with Crippen LogP contribution in [0.2, 0.25) is 10.0 Å². The Bertz CT molecular complexity index is 1570. The van der Waals surface area contributed by atoms with Gasteiger partial charge in [-0.05, 0) is 55.7 Å². The minimum atomic E-state index is -3.69. The number of halogens is 2. The van der Waals surface area contributed by atoms with Crippen molar-refractivity contribution >= 4 is 50.7 Å². The number of fused-ring (bicyclic) bond motifs is 1. The molecule has 1 N–H and O–H groups in total. The highest BCUT2D eigenvalue weighted by Crippen LogP contribution is 2.35. The number of anilines is 1. The summed E-state index contributed by atoms with van der Waals surface area (Å²) < 4.78 is 38.0. The van der Waals surface area contributed by atoms with E-state index in [0.717, 1.165) is 11.8 Å². The van der Waals surface area contributed by atoms with Crippen LogP contribution < -0.4 is 19.1 Å². The van der Waals surface area contributed by atoms with E-state index in [1.807, 2.05) is 44.2 Å². The number of carbonyl (C=O) groups is 2. The molecule has 44 heavy (non-hydrogen) atoms. The lowest BCUT2D eigenvalue weighted by atomic mass is 10.0. The first-order chi connectivity index (χ1) is 20.9. The lowest BCUT2D eigenvalue weighted by Crippen LogP contribution is -2.51. The third kappa shape index (κ3) is 9.03. The van der Waals surface area contributed by atoms with Gasteiger partial charge in [-0.15, -0.1) is 0 Å². The zero-order valence-corrected chi connectivity index (χ0v) is 27.3. The molecule has 1 aliphatic rings. The Balaban J connectivity index is 1.59. The molecule has 12 heteroatoms. The molecule has 0 saturated heterocycles. The van der Waals surface area contributed by atoms with Crippen molar-refractivity contribution in [3.8, 4) is 11.5 Å². The molecule has 1 aliphatic heterocycles. The van der Waals surface area contributed by atoms with E-state index in [4.69, 9.17) is 32.7 Å². The third-order valence-corrected chi connectivity index (χ3v) is 8.80. The molecule has 236 valence electrons. The van der Waals surface area contributed by atoms with Crippen molar-refractivity contribution in [2.24, 2.45) is 0 Å². The minimum absolute atomic E-state index is 0.0119. The topological polar surface area (TPSA) is 105 Å². The zero-order valence-electron chi connectivity index (χ0n) is 25.0. The molecule has 0 aliphatic carbocycles. The zero-order chi connectivity index (χ0) is 31.9. The van der Waals surface area contributed by atoms with Crippen LogP contribution in [0.5, 0.6) is 11.5 Å². The SMILES string of the molecule is CC(C)NC(=O)[C@@H](Cc1ccccc1)N(Cc1ccc(Cl)cc1Cl)C(=O)CCCN(c1ccc2c(c1)OCCO2)S(C)(=O)=O. The number of ether oxygens (including phenoxy) is 2. The van der Waals surface area contributed by atoms with E-state index in [1.165, 1.54) is 9.21 Å². The van der Waals surface area contributed by atoms with Crippen LogP contribution >= 0.6 is 23.2 Å². The summed E-state index contributed by atoms with van der Waals surface area (Å²) in [6.45, 7) is 4.61. The predicted molar refractivity (Wildman–Crippen MR) is 173 cm³/mol. The monoisotopic (exact) mass is 661 g/mol.